The van der Waals surface area contributed by atoms with E-state index in [4.69, 9.17) is 10.5 Å². The van der Waals surface area contributed by atoms with Gasteiger partial charge in [0, 0.05) is 6.54 Å². The molecule has 4 nitrogen and oxygen atoms in total. The average Bonchev–Trinajstić information content (AvgIpc) is 2.99. The smallest absolute Gasteiger partial charge is 0.282 e. The van der Waals surface area contributed by atoms with Crippen LogP contribution in [0, 0.1) is 5.41 Å². The van der Waals surface area contributed by atoms with Crippen LogP contribution in [0.3, 0.4) is 0 Å². The number of ether oxygens (including phenoxy) is 1. The van der Waals surface area contributed by atoms with Gasteiger partial charge in [-0.3, -0.25) is 0 Å². The molecule has 0 aromatic rings. The van der Waals surface area contributed by atoms with E-state index in [-0.39, 0.29) is 5.60 Å². The summed E-state index contributed by atoms with van der Waals surface area (Å²) in [6, 6.07) is 0.318. The van der Waals surface area contributed by atoms with Gasteiger partial charge in [0.1, 0.15) is 5.60 Å². The maximum Gasteiger partial charge on any atom is 0.282 e. The predicted molar refractivity (Wildman–Crippen MR) is 74.7 cm³/mol. The van der Waals surface area contributed by atoms with E-state index in [1.54, 1.807) is 0 Å². The monoisotopic (exact) mass is 253 g/mol. The van der Waals surface area contributed by atoms with E-state index < -0.39 is 0 Å². The van der Waals surface area contributed by atoms with E-state index in [0.29, 0.717) is 6.02 Å². The van der Waals surface area contributed by atoms with Gasteiger partial charge < -0.3 is 15.4 Å². The molecule has 0 radical (unpaired) electrons. The summed E-state index contributed by atoms with van der Waals surface area (Å²) >= 11 is 0. The molecule has 2 N–H and O–H groups in total. The maximum absolute atomic E-state index is 5.74. The third-order valence-corrected chi connectivity index (χ3v) is 3.97. The van der Waals surface area contributed by atoms with E-state index >= 15 is 0 Å². The van der Waals surface area contributed by atoms with Crippen LogP contribution in [0.2, 0.25) is 0 Å². The first kappa shape index (κ1) is 13.7. The Balaban J connectivity index is 1.64. The topological polar surface area (TPSA) is 50.9 Å². The van der Waals surface area contributed by atoms with Gasteiger partial charge in [0.25, 0.3) is 6.02 Å². The quantitative estimate of drug-likeness (QED) is 0.618. The summed E-state index contributed by atoms with van der Waals surface area (Å²) in [5.74, 6) is 0. The fourth-order valence-electron chi connectivity index (χ4n) is 2.58. The minimum Gasteiger partial charge on any atom is -0.460 e. The summed E-state index contributed by atoms with van der Waals surface area (Å²) in [5.41, 5.74) is 6.24. The summed E-state index contributed by atoms with van der Waals surface area (Å²) in [4.78, 5) is 6.78. The van der Waals surface area contributed by atoms with Gasteiger partial charge in [0.2, 0.25) is 0 Å². The number of hydrogen-bond donors (Lipinski definition) is 1. The van der Waals surface area contributed by atoms with Gasteiger partial charge in [-0.25, -0.2) is 4.99 Å². The molecule has 0 bridgehead atoms. The van der Waals surface area contributed by atoms with Crippen molar-refractivity contribution in [3.8, 4) is 0 Å². The van der Waals surface area contributed by atoms with Gasteiger partial charge >= 0.3 is 0 Å². The van der Waals surface area contributed by atoms with Gasteiger partial charge in [-0.15, -0.1) is 0 Å². The first-order valence-corrected chi connectivity index (χ1v) is 7.10. The number of amidine groups is 1. The minimum absolute atomic E-state index is 0.253. The first-order valence-electron chi connectivity index (χ1n) is 7.10. The summed E-state index contributed by atoms with van der Waals surface area (Å²) in [6.45, 7) is 10.2. The van der Waals surface area contributed by atoms with Crippen molar-refractivity contribution in [3.05, 3.63) is 0 Å². The molecule has 2 rings (SSSR count). The van der Waals surface area contributed by atoms with Gasteiger partial charge in [0.05, 0.1) is 6.54 Å². The molecule has 0 unspecified atom stereocenters. The van der Waals surface area contributed by atoms with Crippen molar-refractivity contribution in [1.82, 2.24) is 4.90 Å². The Bertz CT molecular complexity index is 305. The highest BCUT2D eigenvalue weighted by Gasteiger charge is 2.44. The number of nitrogens with two attached hydrogens (primary N) is 1. The summed E-state index contributed by atoms with van der Waals surface area (Å²) in [5, 5.41) is 0. The largest absolute Gasteiger partial charge is 0.460 e. The molecular formula is C14H27N3O. The molecule has 1 spiro atoms. The lowest BCUT2D eigenvalue weighted by Crippen LogP contribution is -2.36. The van der Waals surface area contributed by atoms with Crippen LogP contribution in [0.4, 0.5) is 0 Å². The zero-order valence-corrected chi connectivity index (χ0v) is 12.0. The zero-order chi connectivity index (χ0) is 13.2. The van der Waals surface area contributed by atoms with Crippen LogP contribution >= 0.6 is 0 Å². The Kier molecular flexibility index (Phi) is 3.85. The molecule has 1 aliphatic heterocycles. The van der Waals surface area contributed by atoms with Gasteiger partial charge in [-0.1, -0.05) is 0 Å². The molecule has 18 heavy (non-hydrogen) atoms. The lowest BCUT2D eigenvalue weighted by Gasteiger charge is -2.31. The molecule has 104 valence electrons. The third kappa shape index (κ3) is 4.16. The predicted octanol–water partition coefficient (Wildman–Crippen LogP) is 1.99. The van der Waals surface area contributed by atoms with Crippen molar-refractivity contribution >= 4 is 6.02 Å². The summed E-state index contributed by atoms with van der Waals surface area (Å²) in [6.07, 6.45) is 5.69. The molecule has 0 aromatic carbocycles. The number of rotatable bonds is 3. The van der Waals surface area contributed by atoms with Crippen LogP contribution < -0.4 is 5.73 Å². The van der Waals surface area contributed by atoms with Gasteiger partial charge in [-0.05, 0) is 65.0 Å². The van der Waals surface area contributed by atoms with E-state index in [1.807, 2.05) is 20.8 Å². The molecule has 4 heteroatoms. The van der Waals surface area contributed by atoms with Crippen LogP contribution in [0.25, 0.3) is 0 Å². The van der Waals surface area contributed by atoms with Crippen LogP contribution in [0.15, 0.2) is 4.99 Å². The van der Waals surface area contributed by atoms with E-state index in [9.17, 15) is 0 Å². The van der Waals surface area contributed by atoms with Crippen molar-refractivity contribution in [2.24, 2.45) is 16.1 Å². The van der Waals surface area contributed by atoms with Crippen molar-refractivity contribution in [2.45, 2.75) is 52.1 Å². The van der Waals surface area contributed by atoms with Crippen molar-refractivity contribution in [3.63, 3.8) is 0 Å². The average molecular weight is 253 g/mol. The fraction of sp³-hybridized carbons (Fsp3) is 0.929. The highest BCUT2D eigenvalue weighted by Crippen LogP contribution is 2.53. The van der Waals surface area contributed by atoms with Crippen molar-refractivity contribution in [1.29, 1.82) is 0 Å². The Labute approximate surface area is 111 Å². The van der Waals surface area contributed by atoms with Gasteiger partial charge in [0.15, 0.2) is 0 Å². The molecular weight excluding hydrogens is 226 g/mol. The molecule has 1 saturated carbocycles. The number of aliphatic imine (C=N–C) groups is 1. The van der Waals surface area contributed by atoms with Crippen LogP contribution in [-0.4, -0.2) is 42.7 Å². The van der Waals surface area contributed by atoms with Crippen molar-refractivity contribution in [2.75, 3.05) is 26.2 Å². The lowest BCUT2D eigenvalue weighted by molar-refractivity contribution is 0.113. The number of piperidine rings is 1. The SMILES string of the molecule is CC(C)(C)OC(N)=NCCN1CCC2(CC1)CC2. The Morgan fingerprint density at radius 2 is 1.83 bits per heavy atom. The second-order valence-corrected chi connectivity index (χ2v) is 6.78. The molecule has 2 fully saturated rings. The first-order chi connectivity index (χ1) is 8.39. The molecule has 1 saturated heterocycles. The Hall–Kier alpha value is -0.770. The lowest BCUT2D eigenvalue weighted by atomic mass is 9.94. The van der Waals surface area contributed by atoms with Crippen molar-refractivity contribution < 1.29 is 4.74 Å². The molecule has 1 aliphatic carbocycles. The highest BCUT2D eigenvalue weighted by atomic mass is 16.5. The number of likely N-dealkylation sites (tertiary alicyclic amines) is 1. The number of hydrogen-bond acceptors (Lipinski definition) is 3. The zero-order valence-electron chi connectivity index (χ0n) is 12.0. The Morgan fingerprint density at radius 3 is 2.33 bits per heavy atom. The molecule has 0 amide bonds. The minimum atomic E-state index is -0.253. The fourth-order valence-corrected chi connectivity index (χ4v) is 2.58. The molecule has 2 aliphatic rings. The second-order valence-electron chi connectivity index (χ2n) is 6.78. The summed E-state index contributed by atoms with van der Waals surface area (Å²) in [7, 11) is 0. The number of nitrogens with zero attached hydrogens (tertiary/aromatic N) is 2. The van der Waals surface area contributed by atoms with Gasteiger partial charge in [-0.2, -0.15) is 0 Å². The van der Waals surface area contributed by atoms with E-state index in [0.717, 1.165) is 18.5 Å². The second kappa shape index (κ2) is 5.08. The summed E-state index contributed by atoms with van der Waals surface area (Å²) < 4.78 is 5.48. The maximum atomic E-state index is 5.74. The van der Waals surface area contributed by atoms with E-state index in [1.165, 1.54) is 38.8 Å². The van der Waals surface area contributed by atoms with Crippen LogP contribution in [-0.2, 0) is 4.74 Å². The Morgan fingerprint density at radius 1 is 1.22 bits per heavy atom. The molecule has 0 atom stereocenters. The highest BCUT2D eigenvalue weighted by molar-refractivity contribution is 5.71. The normalized spacial score (nSPS) is 24.3. The molecule has 1 heterocycles. The van der Waals surface area contributed by atoms with Crippen LogP contribution in [0.5, 0.6) is 0 Å². The standard InChI is InChI=1S/C14H27N3O/c1-13(2,3)18-12(15)16-8-11-17-9-6-14(4-5-14)7-10-17/h4-11H2,1-3H3,(H2,15,16). The third-order valence-electron chi connectivity index (χ3n) is 3.97. The van der Waals surface area contributed by atoms with Crippen LogP contribution in [0.1, 0.15) is 46.5 Å². The van der Waals surface area contributed by atoms with E-state index in [2.05, 4.69) is 9.89 Å². The molecule has 0 aromatic heterocycles.